The summed E-state index contributed by atoms with van der Waals surface area (Å²) in [7, 11) is 0. The van der Waals surface area contributed by atoms with Crippen LogP contribution in [0.2, 0.25) is 0 Å². The lowest BCUT2D eigenvalue weighted by Gasteiger charge is -2.15. The summed E-state index contributed by atoms with van der Waals surface area (Å²) in [6, 6.07) is 6.76. The fourth-order valence-electron chi connectivity index (χ4n) is 3.24. The number of tetrazole rings is 1. The molecule has 0 atom stereocenters. The van der Waals surface area contributed by atoms with Gasteiger partial charge < -0.3 is 19.7 Å². The number of aliphatic imine (C=N–C) groups is 1. The fourth-order valence-corrected chi connectivity index (χ4v) is 3.81. The largest absolute Gasteiger partial charge is 0.856 e. The average Bonchev–Trinajstić information content (AvgIpc) is 3.33. The SMILES string of the molecule is CCCc1c(OCCCOc2cc(N=C([O-])c3nn[nH]n3)c(C)cc2Br)ccc(C(C)=O)c1O. The maximum atomic E-state index is 12.2. The van der Waals surface area contributed by atoms with E-state index < -0.39 is 5.90 Å². The van der Waals surface area contributed by atoms with Gasteiger partial charge in [-0.2, -0.15) is 5.21 Å². The number of phenols is 1. The predicted molar refractivity (Wildman–Crippen MR) is 127 cm³/mol. The summed E-state index contributed by atoms with van der Waals surface area (Å²) >= 11 is 3.47. The smallest absolute Gasteiger partial charge is 0.208 e. The van der Waals surface area contributed by atoms with E-state index in [2.05, 4.69) is 41.5 Å². The Morgan fingerprint density at radius 1 is 1.24 bits per heavy atom. The predicted octanol–water partition coefficient (Wildman–Crippen LogP) is 3.42. The number of ether oxygens (including phenoxy) is 2. The number of aryl methyl sites for hydroxylation is 1. The Morgan fingerprint density at radius 3 is 2.62 bits per heavy atom. The van der Waals surface area contributed by atoms with Crippen molar-refractivity contribution in [3.05, 3.63) is 51.3 Å². The number of nitrogens with zero attached hydrogens (tertiary/aromatic N) is 4. The van der Waals surface area contributed by atoms with Crippen LogP contribution in [0.4, 0.5) is 5.69 Å². The van der Waals surface area contributed by atoms with E-state index in [4.69, 9.17) is 9.47 Å². The second kappa shape index (κ2) is 11.6. The molecule has 0 fully saturated rings. The second-order valence-corrected chi connectivity index (χ2v) is 8.37. The number of benzene rings is 2. The minimum absolute atomic E-state index is 0.0154. The number of phenolic OH excluding ortho intramolecular Hbond substituents is 1. The first kappa shape index (κ1) is 25.2. The van der Waals surface area contributed by atoms with Gasteiger partial charge in [0.1, 0.15) is 17.2 Å². The zero-order valence-corrected chi connectivity index (χ0v) is 20.7. The molecule has 2 N–H and O–H groups in total. The zero-order chi connectivity index (χ0) is 24.7. The highest BCUT2D eigenvalue weighted by molar-refractivity contribution is 9.10. The number of Topliss-reactive ketones (excluding diaryl/α,β-unsaturated/α-hetero) is 1. The topological polar surface area (TPSA) is 146 Å². The number of hydrogen-bond donors (Lipinski definition) is 2. The van der Waals surface area contributed by atoms with E-state index >= 15 is 0 Å². The summed E-state index contributed by atoms with van der Waals surface area (Å²) < 4.78 is 12.4. The molecule has 0 aliphatic rings. The van der Waals surface area contributed by atoms with Gasteiger partial charge in [-0.15, -0.1) is 10.2 Å². The van der Waals surface area contributed by atoms with Gasteiger partial charge >= 0.3 is 0 Å². The summed E-state index contributed by atoms with van der Waals surface area (Å²) in [6.45, 7) is 5.94. The van der Waals surface area contributed by atoms with Gasteiger partial charge in [0.25, 0.3) is 0 Å². The van der Waals surface area contributed by atoms with E-state index in [1.807, 2.05) is 19.9 Å². The summed E-state index contributed by atoms with van der Waals surface area (Å²) in [4.78, 5) is 15.7. The Hall–Kier alpha value is -3.47. The van der Waals surface area contributed by atoms with Crippen molar-refractivity contribution in [1.29, 1.82) is 0 Å². The van der Waals surface area contributed by atoms with Gasteiger partial charge in [-0.1, -0.05) is 13.3 Å². The first-order chi connectivity index (χ1) is 16.3. The number of aromatic amines is 1. The van der Waals surface area contributed by atoms with E-state index in [0.717, 1.165) is 16.5 Å². The van der Waals surface area contributed by atoms with Gasteiger partial charge in [0, 0.05) is 23.9 Å². The average molecular weight is 531 g/mol. The number of carbonyl (C=O) groups excluding carboxylic acids is 1. The molecule has 10 nitrogen and oxygen atoms in total. The number of carbonyl (C=O) groups is 1. The number of halogens is 1. The van der Waals surface area contributed by atoms with Crippen molar-refractivity contribution in [3.8, 4) is 17.2 Å². The minimum Gasteiger partial charge on any atom is -0.856 e. The Bertz CT molecular complexity index is 1180. The number of aromatic hydroxyl groups is 1. The van der Waals surface area contributed by atoms with Gasteiger partial charge in [-0.25, -0.2) is 0 Å². The van der Waals surface area contributed by atoms with Crippen molar-refractivity contribution in [3.63, 3.8) is 0 Å². The van der Waals surface area contributed by atoms with Crippen molar-refractivity contribution in [1.82, 2.24) is 20.6 Å². The normalized spacial score (nSPS) is 11.5. The Labute approximate surface area is 205 Å². The second-order valence-electron chi connectivity index (χ2n) is 7.52. The highest BCUT2D eigenvalue weighted by Gasteiger charge is 2.16. The highest BCUT2D eigenvalue weighted by Crippen LogP contribution is 2.34. The Kier molecular flexibility index (Phi) is 8.58. The summed E-state index contributed by atoms with van der Waals surface area (Å²) in [5.74, 6) is 0.149. The highest BCUT2D eigenvalue weighted by atomic mass is 79.9. The summed E-state index contributed by atoms with van der Waals surface area (Å²) in [5, 5.41) is 35.5. The van der Waals surface area contributed by atoms with Gasteiger partial charge in [0.15, 0.2) is 5.78 Å². The van der Waals surface area contributed by atoms with Crippen molar-refractivity contribution in [2.45, 2.75) is 40.0 Å². The molecule has 0 radical (unpaired) electrons. The van der Waals surface area contributed by atoms with Crippen LogP contribution in [0.5, 0.6) is 17.2 Å². The van der Waals surface area contributed by atoms with Gasteiger partial charge in [0.2, 0.25) is 5.82 Å². The molecule has 0 aliphatic heterocycles. The molecule has 0 aliphatic carbocycles. The molecule has 0 spiro atoms. The van der Waals surface area contributed by atoms with Gasteiger partial charge in [-0.05, 0) is 65.2 Å². The van der Waals surface area contributed by atoms with Crippen LogP contribution in [0.15, 0.2) is 33.7 Å². The molecule has 3 aromatic rings. The van der Waals surface area contributed by atoms with Crippen LogP contribution < -0.4 is 14.6 Å². The fraction of sp³-hybridized carbons (Fsp3) is 0.348. The summed E-state index contributed by atoms with van der Waals surface area (Å²) in [5.41, 5.74) is 2.14. The van der Waals surface area contributed by atoms with Crippen LogP contribution in [0.1, 0.15) is 54.0 Å². The van der Waals surface area contributed by atoms with Crippen LogP contribution in [0.3, 0.4) is 0 Å². The maximum absolute atomic E-state index is 12.2. The van der Waals surface area contributed by atoms with Crippen LogP contribution in [-0.2, 0) is 6.42 Å². The van der Waals surface area contributed by atoms with Crippen molar-refractivity contribution >= 4 is 33.3 Å². The van der Waals surface area contributed by atoms with E-state index in [1.165, 1.54) is 6.92 Å². The minimum atomic E-state index is -0.611. The molecule has 2 aromatic carbocycles. The Balaban J connectivity index is 1.62. The lowest BCUT2D eigenvalue weighted by Crippen LogP contribution is -2.20. The lowest BCUT2D eigenvalue weighted by molar-refractivity contribution is -0.213. The number of rotatable bonds is 11. The molecule has 0 unspecified atom stereocenters. The first-order valence-corrected chi connectivity index (χ1v) is 11.5. The molecule has 0 amide bonds. The summed E-state index contributed by atoms with van der Waals surface area (Å²) in [6.07, 6.45) is 1.97. The van der Waals surface area contributed by atoms with Crippen LogP contribution in [-0.4, -0.2) is 50.6 Å². The number of aromatic nitrogens is 4. The monoisotopic (exact) mass is 530 g/mol. The van der Waals surface area contributed by atoms with Crippen LogP contribution >= 0.6 is 15.9 Å². The van der Waals surface area contributed by atoms with E-state index in [9.17, 15) is 15.0 Å². The molecule has 34 heavy (non-hydrogen) atoms. The third kappa shape index (κ3) is 6.10. The number of H-pyrrole nitrogens is 1. The molecule has 11 heteroatoms. The van der Waals surface area contributed by atoms with E-state index in [-0.39, 0.29) is 17.4 Å². The zero-order valence-electron chi connectivity index (χ0n) is 19.1. The molecule has 180 valence electrons. The van der Waals surface area contributed by atoms with E-state index in [0.29, 0.717) is 54.4 Å². The molecule has 3 rings (SSSR count). The lowest BCUT2D eigenvalue weighted by atomic mass is 10.0. The quantitative estimate of drug-likeness (QED) is 0.166. The molecule has 1 aromatic heterocycles. The number of hydrogen-bond acceptors (Lipinski definition) is 9. The molecule has 0 saturated heterocycles. The molecule has 0 bridgehead atoms. The third-order valence-corrected chi connectivity index (χ3v) is 5.55. The number of nitrogens with one attached hydrogen (secondary N) is 1. The third-order valence-electron chi connectivity index (χ3n) is 4.93. The van der Waals surface area contributed by atoms with Gasteiger partial charge in [0.05, 0.1) is 28.9 Å². The van der Waals surface area contributed by atoms with Crippen molar-refractivity contribution < 1.29 is 24.5 Å². The standard InChI is InChI=1S/C23H26BrN5O5/c1-4-6-16-19(8-7-15(14(3)30)21(16)31)33-9-5-10-34-20-12-18(13(2)11-17(20)24)25-23(32)22-26-28-29-27-22/h7-8,11-12,31H,4-6,9-10H2,1-3H3,(H,25,32)(H,26,27,28,29)/p-1. The van der Waals surface area contributed by atoms with Crippen molar-refractivity contribution in [2.75, 3.05) is 13.2 Å². The maximum Gasteiger partial charge on any atom is 0.208 e. The molecular formula is C23H25BrN5O5-. The van der Waals surface area contributed by atoms with Crippen molar-refractivity contribution in [2.24, 2.45) is 4.99 Å². The first-order valence-electron chi connectivity index (χ1n) is 10.7. The van der Waals surface area contributed by atoms with Gasteiger partial charge in [-0.3, -0.25) is 9.79 Å². The molecule has 1 heterocycles. The Morgan fingerprint density at radius 2 is 1.97 bits per heavy atom. The number of ketones is 1. The van der Waals surface area contributed by atoms with Crippen LogP contribution in [0.25, 0.3) is 0 Å². The van der Waals surface area contributed by atoms with Crippen LogP contribution in [0, 0.1) is 6.92 Å². The van der Waals surface area contributed by atoms with E-state index in [1.54, 1.807) is 18.2 Å². The molecular weight excluding hydrogens is 506 g/mol. The molecule has 0 saturated carbocycles.